The van der Waals surface area contributed by atoms with E-state index < -0.39 is 0 Å². The molecule has 3 N–H and O–H groups in total. The summed E-state index contributed by atoms with van der Waals surface area (Å²) in [7, 11) is 0. The van der Waals surface area contributed by atoms with Crippen LogP contribution in [0.15, 0.2) is 47.1 Å². The fraction of sp³-hybridized carbons (Fsp3) is 0.214. The first kappa shape index (κ1) is 13.2. The first-order chi connectivity index (χ1) is 8.69. The molecule has 2 rings (SSSR count). The van der Waals surface area contributed by atoms with Gasteiger partial charge in [-0.3, -0.25) is 16.3 Å². The lowest BCUT2D eigenvalue weighted by Gasteiger charge is -2.16. The molecule has 0 aliphatic carbocycles. The van der Waals surface area contributed by atoms with E-state index in [0.717, 1.165) is 22.2 Å². The lowest BCUT2D eigenvalue weighted by molar-refractivity contribution is 0.550. The third kappa shape index (κ3) is 3.38. The Morgan fingerprint density at radius 3 is 2.78 bits per heavy atom. The minimum absolute atomic E-state index is 0.0763. The highest BCUT2D eigenvalue weighted by molar-refractivity contribution is 9.10. The van der Waals surface area contributed by atoms with Crippen LogP contribution < -0.4 is 11.3 Å². The average molecular weight is 306 g/mol. The monoisotopic (exact) mass is 305 g/mol. The standard InChI is InChI=1S/C14H16BrN3/c1-10-5-6-12(9-17-10)14(18-16)8-11-3-2-4-13(15)7-11/h2-7,9,14,18H,8,16H2,1H3. The van der Waals surface area contributed by atoms with E-state index in [-0.39, 0.29) is 6.04 Å². The van der Waals surface area contributed by atoms with Gasteiger partial charge in [-0.15, -0.1) is 0 Å². The van der Waals surface area contributed by atoms with Gasteiger partial charge in [0.25, 0.3) is 0 Å². The topological polar surface area (TPSA) is 50.9 Å². The van der Waals surface area contributed by atoms with Crippen LogP contribution in [0.5, 0.6) is 0 Å². The number of pyridine rings is 1. The van der Waals surface area contributed by atoms with Crippen molar-refractivity contribution in [3.05, 3.63) is 63.9 Å². The zero-order valence-electron chi connectivity index (χ0n) is 10.2. The van der Waals surface area contributed by atoms with Crippen molar-refractivity contribution < 1.29 is 0 Å². The lowest BCUT2D eigenvalue weighted by atomic mass is 10.0. The van der Waals surface area contributed by atoms with Crippen LogP contribution in [0.25, 0.3) is 0 Å². The summed E-state index contributed by atoms with van der Waals surface area (Å²) in [4.78, 5) is 4.30. The highest BCUT2D eigenvalue weighted by Gasteiger charge is 2.10. The molecule has 0 spiro atoms. The number of halogens is 1. The smallest absolute Gasteiger partial charge is 0.0515 e. The summed E-state index contributed by atoms with van der Waals surface area (Å²) >= 11 is 3.48. The second-order valence-electron chi connectivity index (χ2n) is 4.29. The molecule has 0 amide bonds. The fourth-order valence-corrected chi connectivity index (χ4v) is 2.30. The average Bonchev–Trinajstić information content (AvgIpc) is 2.37. The molecule has 0 saturated carbocycles. The highest BCUT2D eigenvalue weighted by Crippen LogP contribution is 2.19. The Balaban J connectivity index is 2.17. The van der Waals surface area contributed by atoms with Crippen LogP contribution in [0.4, 0.5) is 0 Å². The predicted molar refractivity (Wildman–Crippen MR) is 76.9 cm³/mol. The van der Waals surface area contributed by atoms with Crippen LogP contribution in [0.1, 0.15) is 22.9 Å². The maximum Gasteiger partial charge on any atom is 0.0515 e. The Labute approximate surface area is 116 Å². The maximum absolute atomic E-state index is 5.64. The van der Waals surface area contributed by atoms with Crippen LogP contribution in [0, 0.1) is 6.92 Å². The molecule has 1 atom stereocenters. The van der Waals surface area contributed by atoms with Crippen LogP contribution in [0.2, 0.25) is 0 Å². The quantitative estimate of drug-likeness (QED) is 0.674. The molecule has 0 aliphatic heterocycles. The van der Waals surface area contributed by atoms with Gasteiger partial charge < -0.3 is 0 Å². The molecular formula is C14H16BrN3. The van der Waals surface area contributed by atoms with E-state index in [9.17, 15) is 0 Å². The van der Waals surface area contributed by atoms with Crippen LogP contribution in [-0.2, 0) is 6.42 Å². The zero-order chi connectivity index (χ0) is 13.0. The molecular weight excluding hydrogens is 290 g/mol. The molecule has 0 saturated heterocycles. The molecule has 1 aromatic carbocycles. The minimum atomic E-state index is 0.0763. The molecule has 3 nitrogen and oxygen atoms in total. The predicted octanol–water partition coefficient (Wildman–Crippen LogP) is 2.90. The Bertz CT molecular complexity index is 511. The number of benzene rings is 1. The molecule has 0 bridgehead atoms. The zero-order valence-corrected chi connectivity index (χ0v) is 11.8. The van der Waals surface area contributed by atoms with Gasteiger partial charge in [0.05, 0.1) is 6.04 Å². The van der Waals surface area contributed by atoms with Crippen molar-refractivity contribution >= 4 is 15.9 Å². The molecule has 4 heteroatoms. The Morgan fingerprint density at radius 1 is 1.33 bits per heavy atom. The number of hydrazine groups is 1. The van der Waals surface area contributed by atoms with E-state index in [0.29, 0.717) is 0 Å². The third-order valence-electron chi connectivity index (χ3n) is 2.87. The van der Waals surface area contributed by atoms with Crippen molar-refractivity contribution in [2.45, 2.75) is 19.4 Å². The van der Waals surface area contributed by atoms with Crippen LogP contribution in [-0.4, -0.2) is 4.98 Å². The normalized spacial score (nSPS) is 12.4. The van der Waals surface area contributed by atoms with E-state index in [2.05, 4.69) is 44.5 Å². The second-order valence-corrected chi connectivity index (χ2v) is 5.20. The number of aromatic nitrogens is 1. The van der Waals surface area contributed by atoms with E-state index in [4.69, 9.17) is 5.84 Å². The summed E-state index contributed by atoms with van der Waals surface area (Å²) in [6, 6.07) is 12.4. The molecule has 18 heavy (non-hydrogen) atoms. The van der Waals surface area contributed by atoms with Gasteiger partial charge in [0.1, 0.15) is 0 Å². The number of nitrogens with zero attached hydrogens (tertiary/aromatic N) is 1. The highest BCUT2D eigenvalue weighted by atomic mass is 79.9. The maximum atomic E-state index is 5.64. The van der Waals surface area contributed by atoms with Gasteiger partial charge in [0.2, 0.25) is 0 Å². The van der Waals surface area contributed by atoms with Crippen molar-refractivity contribution in [3.8, 4) is 0 Å². The van der Waals surface area contributed by atoms with E-state index in [1.54, 1.807) is 0 Å². The summed E-state index contributed by atoms with van der Waals surface area (Å²) in [5, 5.41) is 0. The first-order valence-electron chi connectivity index (χ1n) is 5.82. The van der Waals surface area contributed by atoms with Crippen molar-refractivity contribution in [1.82, 2.24) is 10.4 Å². The van der Waals surface area contributed by atoms with Gasteiger partial charge >= 0.3 is 0 Å². The number of aryl methyl sites for hydroxylation is 1. The summed E-state index contributed by atoms with van der Waals surface area (Å²) in [5.41, 5.74) is 6.19. The SMILES string of the molecule is Cc1ccc(C(Cc2cccc(Br)c2)NN)cn1. The van der Waals surface area contributed by atoms with Gasteiger partial charge in [-0.25, -0.2) is 0 Å². The molecule has 1 unspecified atom stereocenters. The van der Waals surface area contributed by atoms with Crippen molar-refractivity contribution in [1.29, 1.82) is 0 Å². The number of hydrogen-bond acceptors (Lipinski definition) is 3. The number of nitrogens with one attached hydrogen (secondary N) is 1. The molecule has 0 fully saturated rings. The molecule has 0 aliphatic rings. The van der Waals surface area contributed by atoms with Gasteiger partial charge in [-0.05, 0) is 42.7 Å². The summed E-state index contributed by atoms with van der Waals surface area (Å²) in [6.07, 6.45) is 2.71. The van der Waals surface area contributed by atoms with Crippen molar-refractivity contribution in [2.24, 2.45) is 5.84 Å². The lowest BCUT2D eigenvalue weighted by Crippen LogP contribution is -2.29. The second kappa shape index (κ2) is 6.09. The summed E-state index contributed by atoms with van der Waals surface area (Å²) in [5.74, 6) is 5.64. The number of hydrogen-bond donors (Lipinski definition) is 2. The van der Waals surface area contributed by atoms with Gasteiger partial charge in [0.15, 0.2) is 0 Å². The van der Waals surface area contributed by atoms with Crippen LogP contribution >= 0.6 is 15.9 Å². The molecule has 1 heterocycles. The molecule has 2 aromatic rings. The Kier molecular flexibility index (Phi) is 4.47. The van der Waals surface area contributed by atoms with E-state index in [1.807, 2.05) is 31.3 Å². The number of rotatable bonds is 4. The van der Waals surface area contributed by atoms with Gasteiger partial charge in [-0.2, -0.15) is 0 Å². The van der Waals surface area contributed by atoms with Gasteiger partial charge in [0, 0.05) is 16.4 Å². The largest absolute Gasteiger partial charge is 0.271 e. The summed E-state index contributed by atoms with van der Waals surface area (Å²) < 4.78 is 1.08. The van der Waals surface area contributed by atoms with Gasteiger partial charge in [-0.1, -0.05) is 34.1 Å². The number of nitrogens with two attached hydrogens (primary N) is 1. The minimum Gasteiger partial charge on any atom is -0.271 e. The van der Waals surface area contributed by atoms with E-state index >= 15 is 0 Å². The van der Waals surface area contributed by atoms with Crippen molar-refractivity contribution in [2.75, 3.05) is 0 Å². The Hall–Kier alpha value is -1.23. The third-order valence-corrected chi connectivity index (χ3v) is 3.36. The van der Waals surface area contributed by atoms with E-state index in [1.165, 1.54) is 5.56 Å². The fourth-order valence-electron chi connectivity index (χ4n) is 1.86. The molecule has 94 valence electrons. The molecule has 0 radical (unpaired) electrons. The van der Waals surface area contributed by atoms with Crippen molar-refractivity contribution in [3.63, 3.8) is 0 Å². The van der Waals surface area contributed by atoms with Crippen LogP contribution in [0.3, 0.4) is 0 Å². The summed E-state index contributed by atoms with van der Waals surface area (Å²) in [6.45, 7) is 1.98. The first-order valence-corrected chi connectivity index (χ1v) is 6.61. The molecule has 1 aromatic heterocycles. The Morgan fingerprint density at radius 2 is 2.17 bits per heavy atom.